The molecule has 0 atom stereocenters. The van der Waals surface area contributed by atoms with Crippen molar-refractivity contribution >= 4 is 11.4 Å². The molecule has 0 aliphatic heterocycles. The molecule has 7 heteroatoms. The molecule has 0 saturated carbocycles. The van der Waals surface area contributed by atoms with Gasteiger partial charge in [0.25, 0.3) is 11.6 Å². The minimum atomic E-state index is -0.440. The second-order valence-corrected chi connectivity index (χ2v) is 3.67. The third-order valence-corrected chi connectivity index (χ3v) is 2.34. The van der Waals surface area contributed by atoms with Crippen LogP contribution in [-0.2, 0) is 0 Å². The average molecular weight is 248 g/mol. The van der Waals surface area contributed by atoms with E-state index in [1.165, 1.54) is 6.07 Å². The van der Waals surface area contributed by atoms with Gasteiger partial charge in [-0.25, -0.2) is 0 Å². The Bertz CT molecular complexity index is 579. The van der Waals surface area contributed by atoms with Crippen molar-refractivity contribution in [1.29, 1.82) is 0 Å². The van der Waals surface area contributed by atoms with Crippen LogP contribution in [0, 0.1) is 17.0 Å². The lowest BCUT2D eigenvalue weighted by Crippen LogP contribution is -2.01. The maximum absolute atomic E-state index is 11.0. The second kappa shape index (κ2) is 4.82. The highest BCUT2D eigenvalue weighted by molar-refractivity contribution is 5.69. The summed E-state index contributed by atoms with van der Waals surface area (Å²) in [4.78, 5) is 14.6. The highest BCUT2D eigenvalue weighted by Crippen LogP contribution is 2.29. The Morgan fingerprint density at radius 1 is 1.50 bits per heavy atom. The summed E-state index contributed by atoms with van der Waals surface area (Å²) in [5, 5.41) is 17.6. The number of hydrogen-bond acceptors (Lipinski definition) is 6. The molecule has 0 aliphatic rings. The molecule has 0 spiro atoms. The van der Waals surface area contributed by atoms with Crippen molar-refractivity contribution in [1.82, 2.24) is 10.1 Å². The van der Waals surface area contributed by atoms with Gasteiger partial charge in [0.05, 0.1) is 4.92 Å². The molecular weight excluding hydrogens is 236 g/mol. The van der Waals surface area contributed by atoms with E-state index in [9.17, 15) is 10.1 Å². The Morgan fingerprint density at radius 2 is 2.28 bits per heavy atom. The van der Waals surface area contributed by atoms with E-state index in [0.29, 0.717) is 23.6 Å². The van der Waals surface area contributed by atoms with Crippen molar-refractivity contribution in [2.45, 2.75) is 13.8 Å². The molecule has 1 aromatic carbocycles. The monoisotopic (exact) mass is 248 g/mol. The van der Waals surface area contributed by atoms with Crippen LogP contribution in [-0.4, -0.2) is 21.6 Å². The van der Waals surface area contributed by atoms with E-state index >= 15 is 0 Å². The molecule has 1 heterocycles. The first kappa shape index (κ1) is 12.0. The van der Waals surface area contributed by atoms with Crippen molar-refractivity contribution in [3.05, 3.63) is 34.1 Å². The number of anilines is 1. The molecule has 18 heavy (non-hydrogen) atoms. The minimum absolute atomic E-state index is 0.00907. The molecule has 0 bridgehead atoms. The molecule has 94 valence electrons. The van der Waals surface area contributed by atoms with Crippen LogP contribution >= 0.6 is 0 Å². The largest absolute Gasteiger partial charge is 0.380 e. The van der Waals surface area contributed by atoms with Gasteiger partial charge in [-0.05, 0) is 26.0 Å². The van der Waals surface area contributed by atoms with Crippen LogP contribution in [0.5, 0.6) is 0 Å². The number of nitrogens with zero attached hydrogens (tertiary/aromatic N) is 3. The van der Waals surface area contributed by atoms with Gasteiger partial charge in [-0.2, -0.15) is 4.98 Å². The van der Waals surface area contributed by atoms with Crippen molar-refractivity contribution in [2.75, 3.05) is 11.9 Å². The van der Waals surface area contributed by atoms with Crippen molar-refractivity contribution < 1.29 is 9.45 Å². The zero-order valence-electron chi connectivity index (χ0n) is 10.0. The summed E-state index contributed by atoms with van der Waals surface area (Å²) in [6.07, 6.45) is 0. The van der Waals surface area contributed by atoms with E-state index in [1.54, 1.807) is 19.1 Å². The quantitative estimate of drug-likeness (QED) is 0.659. The van der Waals surface area contributed by atoms with Gasteiger partial charge in [-0.15, -0.1) is 0 Å². The van der Waals surface area contributed by atoms with E-state index < -0.39 is 4.92 Å². The SMILES string of the molecule is CCNc1ccc(-c2nc(C)no2)cc1[N+](=O)[O-]. The van der Waals surface area contributed by atoms with E-state index in [0.717, 1.165) is 0 Å². The molecule has 7 nitrogen and oxygen atoms in total. The van der Waals surface area contributed by atoms with E-state index in [4.69, 9.17) is 4.52 Å². The number of nitro groups is 1. The molecule has 0 fully saturated rings. The number of benzene rings is 1. The predicted molar refractivity (Wildman–Crippen MR) is 65.3 cm³/mol. The van der Waals surface area contributed by atoms with Crippen LogP contribution in [0.25, 0.3) is 11.5 Å². The maximum atomic E-state index is 11.0. The van der Waals surface area contributed by atoms with Crippen molar-refractivity contribution in [2.24, 2.45) is 0 Å². The summed E-state index contributed by atoms with van der Waals surface area (Å²) >= 11 is 0. The topological polar surface area (TPSA) is 94.1 Å². The summed E-state index contributed by atoms with van der Waals surface area (Å²) in [6, 6.07) is 4.76. The van der Waals surface area contributed by atoms with Crippen LogP contribution in [0.1, 0.15) is 12.7 Å². The summed E-state index contributed by atoms with van der Waals surface area (Å²) < 4.78 is 4.98. The normalized spacial score (nSPS) is 10.3. The number of hydrogen-bond donors (Lipinski definition) is 1. The lowest BCUT2D eigenvalue weighted by molar-refractivity contribution is -0.383. The first-order valence-electron chi connectivity index (χ1n) is 5.44. The van der Waals surface area contributed by atoms with Crippen LogP contribution in [0.2, 0.25) is 0 Å². The lowest BCUT2D eigenvalue weighted by atomic mass is 10.1. The van der Waals surface area contributed by atoms with Crippen molar-refractivity contribution in [3.8, 4) is 11.5 Å². The molecule has 1 aromatic heterocycles. The zero-order valence-corrected chi connectivity index (χ0v) is 10.0. The van der Waals surface area contributed by atoms with Crippen LogP contribution in [0.3, 0.4) is 0 Å². The molecule has 0 amide bonds. The molecule has 0 unspecified atom stereocenters. The fourth-order valence-electron chi connectivity index (χ4n) is 1.57. The van der Waals surface area contributed by atoms with E-state index in [1.807, 2.05) is 6.92 Å². The van der Waals surface area contributed by atoms with E-state index in [-0.39, 0.29) is 11.6 Å². The van der Waals surface area contributed by atoms with Crippen LogP contribution < -0.4 is 5.32 Å². The summed E-state index contributed by atoms with van der Waals surface area (Å²) in [7, 11) is 0. The van der Waals surface area contributed by atoms with Crippen LogP contribution in [0.15, 0.2) is 22.7 Å². The standard InChI is InChI=1S/C11H12N4O3/c1-3-12-9-5-4-8(6-10(9)15(16)17)11-13-7(2)14-18-11/h4-6,12H,3H2,1-2H3. The first-order valence-corrected chi connectivity index (χ1v) is 5.44. The van der Waals surface area contributed by atoms with Gasteiger partial charge in [0.15, 0.2) is 5.82 Å². The average Bonchev–Trinajstić information content (AvgIpc) is 2.76. The summed E-state index contributed by atoms with van der Waals surface area (Å²) in [5.41, 5.74) is 0.997. The van der Waals surface area contributed by atoms with Gasteiger partial charge < -0.3 is 9.84 Å². The Balaban J connectivity index is 2.46. The number of aryl methyl sites for hydroxylation is 1. The summed E-state index contributed by atoms with van der Waals surface area (Å²) in [6.45, 7) is 4.17. The number of nitro benzene ring substituents is 1. The molecule has 0 saturated heterocycles. The van der Waals surface area contributed by atoms with Gasteiger partial charge in [0.2, 0.25) is 0 Å². The molecule has 0 aliphatic carbocycles. The smallest absolute Gasteiger partial charge is 0.293 e. The third-order valence-electron chi connectivity index (χ3n) is 2.34. The third kappa shape index (κ3) is 2.29. The number of nitrogens with one attached hydrogen (secondary N) is 1. The Hall–Kier alpha value is -2.44. The fraction of sp³-hybridized carbons (Fsp3) is 0.273. The minimum Gasteiger partial charge on any atom is -0.380 e. The lowest BCUT2D eigenvalue weighted by Gasteiger charge is -2.04. The Morgan fingerprint density at radius 3 is 2.83 bits per heavy atom. The van der Waals surface area contributed by atoms with Gasteiger partial charge in [0.1, 0.15) is 5.69 Å². The molecule has 0 radical (unpaired) electrons. The predicted octanol–water partition coefficient (Wildman–Crippen LogP) is 2.39. The molecule has 2 rings (SSSR count). The molecule has 1 N–H and O–H groups in total. The van der Waals surface area contributed by atoms with Crippen LogP contribution in [0.4, 0.5) is 11.4 Å². The second-order valence-electron chi connectivity index (χ2n) is 3.67. The maximum Gasteiger partial charge on any atom is 0.293 e. The summed E-state index contributed by atoms with van der Waals surface area (Å²) in [5.74, 6) is 0.766. The molecule has 2 aromatic rings. The van der Waals surface area contributed by atoms with Gasteiger partial charge in [0, 0.05) is 18.2 Å². The van der Waals surface area contributed by atoms with Gasteiger partial charge >= 0.3 is 0 Å². The van der Waals surface area contributed by atoms with E-state index in [2.05, 4.69) is 15.5 Å². The Labute approximate surface area is 103 Å². The van der Waals surface area contributed by atoms with Gasteiger partial charge in [-0.3, -0.25) is 10.1 Å². The highest BCUT2D eigenvalue weighted by Gasteiger charge is 2.17. The number of aromatic nitrogens is 2. The number of rotatable bonds is 4. The first-order chi connectivity index (χ1) is 8.61. The Kier molecular flexibility index (Phi) is 3.22. The molecular formula is C11H12N4O3. The van der Waals surface area contributed by atoms with Crippen molar-refractivity contribution in [3.63, 3.8) is 0 Å². The van der Waals surface area contributed by atoms with Gasteiger partial charge in [-0.1, -0.05) is 5.16 Å². The fourth-order valence-corrected chi connectivity index (χ4v) is 1.57. The highest BCUT2D eigenvalue weighted by atomic mass is 16.6. The zero-order chi connectivity index (χ0) is 13.1.